The van der Waals surface area contributed by atoms with Crippen molar-refractivity contribution in [2.75, 3.05) is 11.9 Å². The van der Waals surface area contributed by atoms with Crippen LogP contribution in [-0.4, -0.2) is 26.8 Å². The number of anilines is 1. The van der Waals surface area contributed by atoms with Gasteiger partial charge >= 0.3 is 0 Å². The Morgan fingerprint density at radius 3 is 2.62 bits per heavy atom. The van der Waals surface area contributed by atoms with Gasteiger partial charge in [0.1, 0.15) is 11.8 Å². The molecule has 24 heavy (non-hydrogen) atoms. The van der Waals surface area contributed by atoms with Crippen LogP contribution in [0.1, 0.15) is 24.1 Å². The second kappa shape index (κ2) is 6.16. The number of benzene rings is 2. The molecule has 0 unspecified atom stereocenters. The van der Waals surface area contributed by atoms with Crippen LogP contribution in [0.3, 0.4) is 0 Å². The zero-order valence-electron chi connectivity index (χ0n) is 13.3. The molecule has 1 aliphatic heterocycles. The molecule has 6 heteroatoms. The predicted molar refractivity (Wildman–Crippen MR) is 91.6 cm³/mol. The summed E-state index contributed by atoms with van der Waals surface area (Å²) in [5.74, 6) is 1.50. The molecule has 1 atom stereocenters. The number of hydrogen-bond donors (Lipinski definition) is 1. The van der Waals surface area contributed by atoms with E-state index < -0.39 is 0 Å². The van der Waals surface area contributed by atoms with Crippen LogP contribution in [0.5, 0.6) is 5.75 Å². The highest BCUT2D eigenvalue weighted by atomic mass is 16.5. The molecule has 3 aromatic rings. The quantitative estimate of drug-likeness (QED) is 0.800. The third-order valence-corrected chi connectivity index (χ3v) is 3.94. The van der Waals surface area contributed by atoms with E-state index in [1.165, 1.54) is 0 Å². The number of aromatic nitrogens is 4. The molecule has 1 aliphatic rings. The van der Waals surface area contributed by atoms with Crippen LogP contribution in [0.15, 0.2) is 60.7 Å². The van der Waals surface area contributed by atoms with Crippen LogP contribution in [-0.2, 0) is 0 Å². The maximum absolute atomic E-state index is 5.52. The van der Waals surface area contributed by atoms with E-state index in [9.17, 15) is 0 Å². The molecule has 1 aromatic heterocycles. The summed E-state index contributed by atoms with van der Waals surface area (Å²) >= 11 is 0. The Balaban J connectivity index is 1.73. The Morgan fingerprint density at radius 1 is 1.08 bits per heavy atom. The summed E-state index contributed by atoms with van der Waals surface area (Å²) in [6, 6.07) is 18.1. The predicted octanol–water partition coefficient (Wildman–Crippen LogP) is 3.13. The fourth-order valence-corrected chi connectivity index (χ4v) is 2.81. The van der Waals surface area contributed by atoms with Gasteiger partial charge in [0.05, 0.1) is 6.61 Å². The van der Waals surface area contributed by atoms with E-state index in [1.54, 1.807) is 4.68 Å². The van der Waals surface area contributed by atoms with Crippen molar-refractivity contribution >= 4 is 11.6 Å². The van der Waals surface area contributed by atoms with Crippen molar-refractivity contribution in [1.82, 2.24) is 20.2 Å². The van der Waals surface area contributed by atoms with Crippen molar-refractivity contribution in [3.8, 4) is 5.75 Å². The fraction of sp³-hybridized carbons (Fsp3) is 0.167. The molecule has 0 radical (unpaired) electrons. The first-order valence-corrected chi connectivity index (χ1v) is 7.90. The molecule has 4 rings (SSSR count). The Morgan fingerprint density at radius 2 is 1.88 bits per heavy atom. The van der Waals surface area contributed by atoms with Gasteiger partial charge in [-0.1, -0.05) is 47.6 Å². The van der Waals surface area contributed by atoms with Crippen molar-refractivity contribution < 1.29 is 4.74 Å². The van der Waals surface area contributed by atoms with E-state index in [-0.39, 0.29) is 6.04 Å². The van der Waals surface area contributed by atoms with Gasteiger partial charge in [-0.2, -0.15) is 4.68 Å². The van der Waals surface area contributed by atoms with E-state index >= 15 is 0 Å². The van der Waals surface area contributed by atoms with E-state index in [4.69, 9.17) is 4.74 Å². The van der Waals surface area contributed by atoms with Gasteiger partial charge in [0.2, 0.25) is 5.95 Å². The van der Waals surface area contributed by atoms with Crippen LogP contribution in [0.4, 0.5) is 5.95 Å². The van der Waals surface area contributed by atoms with Gasteiger partial charge in [0.15, 0.2) is 0 Å². The lowest BCUT2D eigenvalue weighted by Crippen LogP contribution is -2.20. The lowest BCUT2D eigenvalue weighted by atomic mass is 10.0. The van der Waals surface area contributed by atoms with Crippen molar-refractivity contribution in [2.24, 2.45) is 0 Å². The molecule has 0 saturated carbocycles. The van der Waals surface area contributed by atoms with Gasteiger partial charge in [-0.15, -0.1) is 0 Å². The minimum atomic E-state index is -0.0675. The van der Waals surface area contributed by atoms with Gasteiger partial charge in [0.25, 0.3) is 0 Å². The monoisotopic (exact) mass is 319 g/mol. The SMILES string of the molecule is CCOc1ccc([C@H]2C=C(c3ccccc3)Nc3nnnn32)cc1. The molecule has 6 nitrogen and oxygen atoms in total. The summed E-state index contributed by atoms with van der Waals surface area (Å²) in [4.78, 5) is 0. The number of ether oxygens (including phenoxy) is 1. The van der Waals surface area contributed by atoms with Crippen molar-refractivity contribution in [1.29, 1.82) is 0 Å². The Hall–Kier alpha value is -3.15. The highest BCUT2D eigenvalue weighted by molar-refractivity contribution is 5.76. The van der Waals surface area contributed by atoms with Crippen molar-refractivity contribution in [3.05, 3.63) is 71.8 Å². The first kappa shape index (κ1) is 14.4. The number of hydrogen-bond acceptors (Lipinski definition) is 5. The first-order valence-electron chi connectivity index (χ1n) is 7.90. The van der Waals surface area contributed by atoms with Crippen LogP contribution >= 0.6 is 0 Å². The zero-order valence-corrected chi connectivity index (χ0v) is 13.3. The third-order valence-electron chi connectivity index (χ3n) is 3.94. The van der Waals surface area contributed by atoms with E-state index in [2.05, 4.69) is 39.1 Å². The lowest BCUT2D eigenvalue weighted by molar-refractivity contribution is 0.340. The van der Waals surface area contributed by atoms with E-state index in [0.717, 1.165) is 22.6 Å². The third kappa shape index (κ3) is 2.62. The fourth-order valence-electron chi connectivity index (χ4n) is 2.81. The minimum Gasteiger partial charge on any atom is -0.494 e. The van der Waals surface area contributed by atoms with Gasteiger partial charge in [-0.05, 0) is 46.7 Å². The Bertz CT molecular complexity index is 855. The number of nitrogens with one attached hydrogen (secondary N) is 1. The van der Waals surface area contributed by atoms with Crippen LogP contribution in [0.25, 0.3) is 5.70 Å². The second-order valence-corrected chi connectivity index (χ2v) is 5.47. The van der Waals surface area contributed by atoms with Crippen molar-refractivity contribution in [3.63, 3.8) is 0 Å². The molecule has 2 aromatic carbocycles. The molecular weight excluding hydrogens is 302 g/mol. The van der Waals surface area contributed by atoms with Crippen LogP contribution in [0.2, 0.25) is 0 Å². The summed E-state index contributed by atoms with van der Waals surface area (Å²) in [6.07, 6.45) is 2.13. The molecule has 0 amide bonds. The number of tetrazole rings is 1. The highest BCUT2D eigenvalue weighted by Gasteiger charge is 2.24. The van der Waals surface area contributed by atoms with E-state index in [1.807, 2.05) is 49.4 Å². The number of allylic oxidation sites excluding steroid dienone is 1. The molecule has 2 heterocycles. The largest absolute Gasteiger partial charge is 0.494 e. The smallest absolute Gasteiger partial charge is 0.248 e. The van der Waals surface area contributed by atoms with Gasteiger partial charge in [-0.3, -0.25) is 0 Å². The minimum absolute atomic E-state index is 0.0675. The average molecular weight is 319 g/mol. The average Bonchev–Trinajstić information content (AvgIpc) is 3.11. The molecule has 0 bridgehead atoms. The maximum atomic E-state index is 5.52. The van der Waals surface area contributed by atoms with Crippen LogP contribution < -0.4 is 10.1 Å². The molecule has 1 N–H and O–H groups in total. The lowest BCUT2D eigenvalue weighted by Gasteiger charge is -2.23. The summed E-state index contributed by atoms with van der Waals surface area (Å²) in [7, 11) is 0. The van der Waals surface area contributed by atoms with Gasteiger partial charge in [-0.25, -0.2) is 0 Å². The first-order chi connectivity index (χ1) is 11.8. The molecular formula is C18H17N5O. The summed E-state index contributed by atoms with van der Waals surface area (Å²) in [6.45, 7) is 2.63. The highest BCUT2D eigenvalue weighted by Crippen LogP contribution is 2.32. The second-order valence-electron chi connectivity index (χ2n) is 5.47. The molecule has 0 fully saturated rings. The van der Waals surface area contributed by atoms with Gasteiger partial charge < -0.3 is 10.1 Å². The number of rotatable bonds is 4. The summed E-state index contributed by atoms with van der Waals surface area (Å²) in [5.41, 5.74) is 3.20. The maximum Gasteiger partial charge on any atom is 0.248 e. The summed E-state index contributed by atoms with van der Waals surface area (Å²) < 4.78 is 7.30. The zero-order chi connectivity index (χ0) is 16.4. The Kier molecular flexibility index (Phi) is 3.70. The Labute approximate surface area is 139 Å². The topological polar surface area (TPSA) is 64.9 Å². The number of nitrogens with zero attached hydrogens (tertiary/aromatic N) is 4. The molecule has 0 aliphatic carbocycles. The van der Waals surface area contributed by atoms with E-state index in [0.29, 0.717) is 12.6 Å². The van der Waals surface area contributed by atoms with Gasteiger partial charge in [0, 0.05) is 5.70 Å². The van der Waals surface area contributed by atoms with Crippen LogP contribution in [0, 0.1) is 0 Å². The molecule has 0 spiro atoms. The summed E-state index contributed by atoms with van der Waals surface area (Å²) in [5, 5.41) is 15.3. The standard InChI is InChI=1S/C18H17N5O/c1-2-24-15-10-8-14(9-11-15)17-12-16(13-6-4-3-5-7-13)19-18-20-21-22-23(17)18/h3-12,17H,2H2,1H3,(H,19,20,22)/t17-/m1/s1. The molecule has 0 saturated heterocycles. The number of fused-ring (bicyclic) bond motifs is 1. The van der Waals surface area contributed by atoms with Crippen molar-refractivity contribution in [2.45, 2.75) is 13.0 Å². The molecule has 120 valence electrons. The normalized spacial score (nSPS) is 16.0.